The Labute approximate surface area is 146 Å². The van der Waals surface area contributed by atoms with Crippen LogP contribution in [0.2, 0.25) is 0 Å². The third-order valence-corrected chi connectivity index (χ3v) is 4.13. The van der Waals surface area contributed by atoms with Crippen molar-refractivity contribution >= 4 is 23.3 Å². The Balaban J connectivity index is 1.77. The minimum absolute atomic E-state index is 0.179. The monoisotopic (exact) mass is 346 g/mol. The number of nitrogens with zero attached hydrogens (tertiary/aromatic N) is 1. The number of benzene rings is 1. The zero-order valence-electron chi connectivity index (χ0n) is 14.6. The summed E-state index contributed by atoms with van der Waals surface area (Å²) in [6.45, 7) is 5.05. The first kappa shape index (κ1) is 17.1. The lowest BCUT2D eigenvalue weighted by Crippen LogP contribution is -2.42. The van der Waals surface area contributed by atoms with Crippen LogP contribution < -0.4 is 15.0 Å². The van der Waals surface area contributed by atoms with Crippen LogP contribution in [0.1, 0.15) is 26.7 Å². The van der Waals surface area contributed by atoms with E-state index in [1.165, 1.54) is 32.9 Å². The molecule has 7 heteroatoms. The molecule has 0 saturated carbocycles. The normalized spacial score (nSPS) is 19.3. The van der Waals surface area contributed by atoms with Crippen molar-refractivity contribution in [2.24, 2.45) is 0 Å². The molecule has 134 valence electrons. The molecule has 0 radical (unpaired) electrons. The largest absolute Gasteiger partial charge is 0.495 e. The SMILES string of the molecule is COc1cc(NC=C2C(=O)OC(C)(C)OC2=O)ccc1N1CCCC1. The molecule has 2 saturated heterocycles. The molecule has 0 atom stereocenters. The minimum atomic E-state index is -1.24. The molecule has 3 rings (SSSR count). The Bertz CT molecular complexity index is 698. The van der Waals surface area contributed by atoms with Gasteiger partial charge in [-0.2, -0.15) is 0 Å². The highest BCUT2D eigenvalue weighted by Gasteiger charge is 2.38. The van der Waals surface area contributed by atoms with E-state index in [1.807, 2.05) is 18.2 Å². The molecule has 0 amide bonds. The standard InChI is InChI=1S/C18H22N2O5/c1-18(2)24-16(21)13(17(22)25-18)11-19-12-6-7-14(15(10-12)23-3)20-8-4-5-9-20/h6-7,10-11,19H,4-5,8-9H2,1-3H3. The van der Waals surface area contributed by atoms with Gasteiger partial charge in [0.1, 0.15) is 5.75 Å². The molecule has 2 aliphatic heterocycles. The highest BCUT2D eigenvalue weighted by atomic mass is 16.7. The average molecular weight is 346 g/mol. The summed E-state index contributed by atoms with van der Waals surface area (Å²) in [5.41, 5.74) is 1.55. The van der Waals surface area contributed by atoms with Gasteiger partial charge in [-0.3, -0.25) is 0 Å². The van der Waals surface area contributed by atoms with Crippen LogP contribution in [0.5, 0.6) is 5.75 Å². The van der Waals surface area contributed by atoms with E-state index in [0.717, 1.165) is 24.5 Å². The molecule has 25 heavy (non-hydrogen) atoms. The molecule has 0 aliphatic carbocycles. The van der Waals surface area contributed by atoms with Crippen molar-refractivity contribution in [1.29, 1.82) is 0 Å². The zero-order chi connectivity index (χ0) is 18.0. The van der Waals surface area contributed by atoms with Gasteiger partial charge in [0.2, 0.25) is 0 Å². The number of nitrogens with one attached hydrogen (secondary N) is 1. The number of cyclic esters (lactones) is 2. The predicted octanol–water partition coefficient (Wildman–Crippen LogP) is 2.43. The van der Waals surface area contributed by atoms with E-state index in [2.05, 4.69) is 10.2 Å². The van der Waals surface area contributed by atoms with Gasteiger partial charge in [-0.25, -0.2) is 9.59 Å². The van der Waals surface area contributed by atoms with Crippen LogP contribution in [0.3, 0.4) is 0 Å². The third kappa shape index (κ3) is 3.70. The Morgan fingerprint density at radius 2 is 1.80 bits per heavy atom. The Kier molecular flexibility index (Phi) is 4.57. The summed E-state index contributed by atoms with van der Waals surface area (Å²) in [6.07, 6.45) is 3.65. The van der Waals surface area contributed by atoms with Gasteiger partial charge >= 0.3 is 11.9 Å². The van der Waals surface area contributed by atoms with Gasteiger partial charge in [-0.1, -0.05) is 0 Å². The van der Waals surface area contributed by atoms with Crippen molar-refractivity contribution in [3.8, 4) is 5.75 Å². The first-order chi connectivity index (χ1) is 11.9. The molecule has 7 nitrogen and oxygen atoms in total. The van der Waals surface area contributed by atoms with Gasteiger partial charge < -0.3 is 24.4 Å². The number of methoxy groups -OCH3 is 1. The molecule has 0 spiro atoms. The summed E-state index contributed by atoms with van der Waals surface area (Å²) in [5.74, 6) is -1.93. The van der Waals surface area contributed by atoms with Gasteiger partial charge in [0.05, 0.1) is 12.8 Å². The van der Waals surface area contributed by atoms with E-state index < -0.39 is 17.7 Å². The van der Waals surface area contributed by atoms with Gasteiger partial charge in [-0.15, -0.1) is 0 Å². The van der Waals surface area contributed by atoms with E-state index in [-0.39, 0.29) is 5.57 Å². The van der Waals surface area contributed by atoms with Crippen molar-refractivity contribution in [1.82, 2.24) is 0 Å². The number of carbonyl (C=O) groups excluding carboxylic acids is 2. The smallest absolute Gasteiger partial charge is 0.350 e. The van der Waals surface area contributed by atoms with Gasteiger partial charge in [0.15, 0.2) is 5.57 Å². The van der Waals surface area contributed by atoms with Gasteiger partial charge in [-0.05, 0) is 25.0 Å². The Hall–Kier alpha value is -2.70. The number of carbonyl (C=O) groups is 2. The van der Waals surface area contributed by atoms with Gasteiger partial charge in [0.25, 0.3) is 5.79 Å². The van der Waals surface area contributed by atoms with Crippen molar-refractivity contribution in [3.05, 3.63) is 30.0 Å². The van der Waals surface area contributed by atoms with Crippen molar-refractivity contribution < 1.29 is 23.8 Å². The lowest BCUT2D eigenvalue weighted by molar-refractivity contribution is -0.222. The summed E-state index contributed by atoms with van der Waals surface area (Å²) in [4.78, 5) is 26.1. The Morgan fingerprint density at radius 3 is 2.40 bits per heavy atom. The van der Waals surface area contributed by atoms with Crippen LogP contribution in [0.25, 0.3) is 0 Å². The topological polar surface area (TPSA) is 77.1 Å². The van der Waals surface area contributed by atoms with Crippen LogP contribution in [-0.4, -0.2) is 37.9 Å². The van der Waals surface area contributed by atoms with Crippen molar-refractivity contribution in [2.45, 2.75) is 32.5 Å². The molecular weight excluding hydrogens is 324 g/mol. The number of rotatable bonds is 4. The van der Waals surface area contributed by atoms with E-state index in [0.29, 0.717) is 5.69 Å². The van der Waals surface area contributed by atoms with E-state index in [1.54, 1.807) is 7.11 Å². The van der Waals surface area contributed by atoms with E-state index >= 15 is 0 Å². The Morgan fingerprint density at radius 1 is 1.16 bits per heavy atom. The number of anilines is 2. The van der Waals surface area contributed by atoms with Crippen LogP contribution in [0.4, 0.5) is 11.4 Å². The predicted molar refractivity (Wildman–Crippen MR) is 92.4 cm³/mol. The molecule has 1 aromatic rings. The average Bonchev–Trinajstić information content (AvgIpc) is 3.07. The number of ether oxygens (including phenoxy) is 3. The fourth-order valence-electron chi connectivity index (χ4n) is 2.92. The fourth-order valence-corrected chi connectivity index (χ4v) is 2.92. The molecule has 1 aromatic carbocycles. The molecule has 1 N–H and O–H groups in total. The molecule has 2 aliphatic rings. The van der Waals surface area contributed by atoms with Crippen molar-refractivity contribution in [2.75, 3.05) is 30.4 Å². The van der Waals surface area contributed by atoms with Crippen LogP contribution >= 0.6 is 0 Å². The number of hydrogen-bond donors (Lipinski definition) is 1. The maximum atomic E-state index is 11.9. The first-order valence-electron chi connectivity index (χ1n) is 8.26. The summed E-state index contributed by atoms with van der Waals surface area (Å²) in [7, 11) is 1.62. The zero-order valence-corrected chi connectivity index (χ0v) is 14.6. The molecular formula is C18H22N2O5. The first-order valence-corrected chi connectivity index (χ1v) is 8.26. The highest BCUT2D eigenvalue weighted by Crippen LogP contribution is 2.33. The molecule has 2 fully saturated rings. The number of esters is 2. The highest BCUT2D eigenvalue weighted by molar-refractivity contribution is 6.15. The minimum Gasteiger partial charge on any atom is -0.495 e. The second-order valence-electron chi connectivity index (χ2n) is 6.46. The van der Waals surface area contributed by atoms with E-state index in [9.17, 15) is 9.59 Å². The summed E-state index contributed by atoms with van der Waals surface area (Å²) >= 11 is 0. The second kappa shape index (κ2) is 6.66. The lowest BCUT2D eigenvalue weighted by atomic mass is 10.2. The summed E-state index contributed by atoms with van der Waals surface area (Å²) in [5, 5.41) is 2.93. The van der Waals surface area contributed by atoms with Gasteiger partial charge in [0, 0.05) is 44.9 Å². The van der Waals surface area contributed by atoms with Crippen LogP contribution in [0.15, 0.2) is 30.0 Å². The summed E-state index contributed by atoms with van der Waals surface area (Å²) in [6, 6.07) is 5.66. The van der Waals surface area contributed by atoms with E-state index in [4.69, 9.17) is 14.2 Å². The fraction of sp³-hybridized carbons (Fsp3) is 0.444. The van der Waals surface area contributed by atoms with Crippen LogP contribution in [0, 0.1) is 0 Å². The third-order valence-electron chi connectivity index (χ3n) is 4.13. The quantitative estimate of drug-likeness (QED) is 0.510. The number of hydrogen-bond acceptors (Lipinski definition) is 7. The maximum absolute atomic E-state index is 11.9. The molecule has 0 bridgehead atoms. The van der Waals surface area contributed by atoms with Crippen molar-refractivity contribution in [3.63, 3.8) is 0 Å². The molecule has 0 aromatic heterocycles. The lowest BCUT2D eigenvalue weighted by Gasteiger charge is -2.29. The maximum Gasteiger partial charge on any atom is 0.350 e. The molecule has 0 unspecified atom stereocenters. The summed E-state index contributed by atoms with van der Waals surface area (Å²) < 4.78 is 15.6. The molecule has 2 heterocycles. The van der Waals surface area contributed by atoms with Crippen LogP contribution in [-0.2, 0) is 19.1 Å². The second-order valence-corrected chi connectivity index (χ2v) is 6.46.